The smallest absolute Gasteiger partial charge is 0.308 e. The highest BCUT2D eigenvalue weighted by Gasteiger charge is 2.20. The van der Waals surface area contributed by atoms with E-state index < -0.39 is 0 Å². The molecule has 2 atom stereocenters. The number of carbonyl (C=O) groups is 3. The van der Waals surface area contributed by atoms with E-state index in [1.54, 1.807) is 0 Å². The molecule has 0 heterocycles. The zero-order valence-electron chi connectivity index (χ0n) is 42.0. The number of hydrogen-bond donors (Lipinski definition) is 0. The Morgan fingerprint density at radius 1 is 0.426 bits per heavy atom. The van der Waals surface area contributed by atoms with Gasteiger partial charge in [-0.2, -0.15) is 0 Å². The van der Waals surface area contributed by atoms with Crippen molar-refractivity contribution >= 4 is 17.8 Å². The van der Waals surface area contributed by atoms with Gasteiger partial charge in [-0.3, -0.25) is 14.4 Å². The fraction of sp³-hybridized carbons (Fsp3) is 0.943. The van der Waals surface area contributed by atoms with Crippen LogP contribution in [0, 0.1) is 11.8 Å². The molecule has 0 aromatic heterocycles. The molecule has 0 aromatic carbocycles. The molecule has 0 spiro atoms. The van der Waals surface area contributed by atoms with Gasteiger partial charge in [-0.1, -0.05) is 169 Å². The van der Waals surface area contributed by atoms with E-state index in [4.69, 9.17) is 9.47 Å². The van der Waals surface area contributed by atoms with Crippen molar-refractivity contribution in [3.8, 4) is 0 Å². The maximum absolute atomic E-state index is 13.5. The number of unbranched alkanes of at least 4 members (excludes halogenated alkanes) is 21. The van der Waals surface area contributed by atoms with Crippen molar-refractivity contribution in [2.45, 2.75) is 246 Å². The average Bonchev–Trinajstić information content (AvgIpc) is 3.24. The van der Waals surface area contributed by atoms with Crippen LogP contribution in [0.1, 0.15) is 246 Å². The molecule has 2 unspecified atom stereocenters. The average molecular weight is 864 g/mol. The van der Waals surface area contributed by atoms with E-state index in [1.165, 1.54) is 128 Å². The van der Waals surface area contributed by atoms with Crippen molar-refractivity contribution < 1.29 is 23.9 Å². The molecule has 8 heteroatoms. The predicted molar refractivity (Wildman–Crippen MR) is 261 cm³/mol. The minimum Gasteiger partial charge on any atom is -0.465 e. The number of carbonyl (C=O) groups excluding carboxylic acids is 3. The maximum atomic E-state index is 13.5. The first-order valence-corrected chi connectivity index (χ1v) is 26.6. The van der Waals surface area contributed by atoms with Crippen LogP contribution in [0.5, 0.6) is 0 Å². The quantitative estimate of drug-likeness (QED) is 0.0445. The van der Waals surface area contributed by atoms with Crippen LogP contribution >= 0.6 is 0 Å². The van der Waals surface area contributed by atoms with E-state index in [2.05, 4.69) is 63.5 Å². The van der Waals surface area contributed by atoms with Crippen molar-refractivity contribution in [2.24, 2.45) is 11.8 Å². The minimum absolute atomic E-state index is 0.0206. The van der Waals surface area contributed by atoms with Crippen LogP contribution in [0.3, 0.4) is 0 Å². The normalized spacial score (nSPS) is 12.6. The number of hydrogen-bond acceptors (Lipinski definition) is 7. The van der Waals surface area contributed by atoms with Gasteiger partial charge in [0, 0.05) is 32.5 Å². The summed E-state index contributed by atoms with van der Waals surface area (Å²) in [5.74, 6) is 0.742. The summed E-state index contributed by atoms with van der Waals surface area (Å²) in [5.41, 5.74) is 0. The van der Waals surface area contributed by atoms with Crippen LogP contribution in [0.15, 0.2) is 0 Å². The van der Waals surface area contributed by atoms with Crippen LogP contribution in [0.25, 0.3) is 0 Å². The summed E-state index contributed by atoms with van der Waals surface area (Å²) >= 11 is 0. The Morgan fingerprint density at radius 3 is 1.43 bits per heavy atom. The second-order valence-corrected chi connectivity index (χ2v) is 19.0. The van der Waals surface area contributed by atoms with Crippen LogP contribution in [-0.4, -0.2) is 99.6 Å². The lowest BCUT2D eigenvalue weighted by atomic mass is 9.94. The van der Waals surface area contributed by atoms with E-state index in [0.29, 0.717) is 32.0 Å². The Balaban J connectivity index is 4.85. The van der Waals surface area contributed by atoms with Gasteiger partial charge in [0.1, 0.15) is 0 Å². The third kappa shape index (κ3) is 39.6. The van der Waals surface area contributed by atoms with Crippen molar-refractivity contribution in [1.82, 2.24) is 14.7 Å². The molecule has 1 amide bonds. The molecule has 0 saturated carbocycles. The fourth-order valence-electron chi connectivity index (χ4n) is 8.41. The third-order valence-electron chi connectivity index (χ3n) is 12.6. The SMILES string of the molecule is CCCCCCCCC(CCCCCC)COC(=O)CCCCCN(CCCCCCOC(=O)C(CCCCCC)CCCCCCCC)C(=O)CCN(C)CCCN(C)C. The predicted octanol–water partition coefficient (Wildman–Crippen LogP) is 14.0. The Kier molecular flexibility index (Phi) is 43.7. The van der Waals surface area contributed by atoms with Gasteiger partial charge < -0.3 is 24.2 Å². The molecule has 362 valence electrons. The maximum Gasteiger partial charge on any atom is 0.308 e. The molecule has 0 rings (SSSR count). The van der Waals surface area contributed by atoms with Gasteiger partial charge in [-0.05, 0) is 104 Å². The second kappa shape index (κ2) is 44.9. The highest BCUT2D eigenvalue weighted by atomic mass is 16.5. The molecule has 0 N–H and O–H groups in total. The van der Waals surface area contributed by atoms with Crippen molar-refractivity contribution in [3.05, 3.63) is 0 Å². The number of esters is 2. The minimum atomic E-state index is -0.0577. The third-order valence-corrected chi connectivity index (χ3v) is 12.6. The van der Waals surface area contributed by atoms with Gasteiger partial charge in [0.15, 0.2) is 0 Å². The Hall–Kier alpha value is -1.67. The lowest BCUT2D eigenvalue weighted by Gasteiger charge is -2.25. The first-order chi connectivity index (χ1) is 29.7. The molecular weight excluding hydrogens is 759 g/mol. The zero-order valence-corrected chi connectivity index (χ0v) is 42.0. The zero-order chi connectivity index (χ0) is 45.0. The monoisotopic (exact) mass is 864 g/mol. The summed E-state index contributed by atoms with van der Waals surface area (Å²) in [5, 5.41) is 0. The van der Waals surface area contributed by atoms with Crippen LogP contribution in [-0.2, 0) is 23.9 Å². The van der Waals surface area contributed by atoms with E-state index in [-0.39, 0.29) is 23.8 Å². The molecule has 0 radical (unpaired) electrons. The van der Waals surface area contributed by atoms with Gasteiger partial charge in [0.05, 0.1) is 19.1 Å². The summed E-state index contributed by atoms with van der Waals surface area (Å²) in [7, 11) is 6.32. The molecule has 0 aliphatic rings. The van der Waals surface area contributed by atoms with Crippen molar-refractivity contribution in [2.75, 3.05) is 67.1 Å². The van der Waals surface area contributed by atoms with Crippen LogP contribution in [0.2, 0.25) is 0 Å². The number of nitrogens with zero attached hydrogens (tertiary/aromatic N) is 3. The van der Waals surface area contributed by atoms with Gasteiger partial charge >= 0.3 is 11.9 Å². The molecule has 61 heavy (non-hydrogen) atoms. The first-order valence-electron chi connectivity index (χ1n) is 26.6. The Morgan fingerprint density at radius 2 is 0.885 bits per heavy atom. The summed E-state index contributed by atoms with van der Waals surface area (Å²) < 4.78 is 11.7. The number of ether oxygens (including phenoxy) is 2. The van der Waals surface area contributed by atoms with E-state index >= 15 is 0 Å². The second-order valence-electron chi connectivity index (χ2n) is 19.0. The van der Waals surface area contributed by atoms with Crippen molar-refractivity contribution in [3.63, 3.8) is 0 Å². The Bertz CT molecular complexity index is 978. The summed E-state index contributed by atoms with van der Waals surface area (Å²) in [4.78, 5) is 45.9. The molecule has 0 bridgehead atoms. The number of amides is 1. The molecule has 0 aromatic rings. The van der Waals surface area contributed by atoms with Gasteiger partial charge in [-0.15, -0.1) is 0 Å². The summed E-state index contributed by atoms with van der Waals surface area (Å²) in [6.07, 6.45) is 38.0. The van der Waals surface area contributed by atoms with Gasteiger partial charge in [0.25, 0.3) is 0 Å². The number of rotatable bonds is 47. The topological polar surface area (TPSA) is 79.4 Å². The molecule has 0 aliphatic heterocycles. The summed E-state index contributed by atoms with van der Waals surface area (Å²) in [6, 6.07) is 0. The van der Waals surface area contributed by atoms with Gasteiger partial charge in [0.2, 0.25) is 5.91 Å². The Labute approximate surface area is 380 Å². The highest BCUT2D eigenvalue weighted by Crippen LogP contribution is 2.22. The highest BCUT2D eigenvalue weighted by molar-refractivity contribution is 5.76. The van der Waals surface area contributed by atoms with E-state index in [9.17, 15) is 14.4 Å². The lowest BCUT2D eigenvalue weighted by Crippen LogP contribution is -2.35. The molecule has 0 fully saturated rings. The largest absolute Gasteiger partial charge is 0.465 e. The molecule has 0 saturated heterocycles. The van der Waals surface area contributed by atoms with Crippen molar-refractivity contribution in [1.29, 1.82) is 0 Å². The first kappa shape index (κ1) is 59.3. The van der Waals surface area contributed by atoms with E-state index in [1.807, 2.05) is 0 Å². The van der Waals surface area contributed by atoms with Gasteiger partial charge in [-0.25, -0.2) is 0 Å². The van der Waals surface area contributed by atoms with Crippen LogP contribution < -0.4 is 0 Å². The lowest BCUT2D eigenvalue weighted by molar-refractivity contribution is -0.149. The molecule has 8 nitrogen and oxygen atoms in total. The standard InChI is InChI=1S/C53H105N3O5/c1-8-12-16-20-22-28-37-49(36-27-18-14-10-3)48-61-52(58)40-31-26-33-45-56(51(57)41-46-55(7)43-35-42-54(5)6)44-32-24-25-34-47-60-53(59)50(38-29-19-15-11-4)39-30-23-21-17-13-9-2/h49-50H,8-48H2,1-7H3. The molecule has 0 aliphatic carbocycles. The fourth-order valence-corrected chi connectivity index (χ4v) is 8.41. The molecular formula is C53H105N3O5. The van der Waals surface area contributed by atoms with E-state index in [0.717, 1.165) is 110 Å². The van der Waals surface area contributed by atoms with Crippen LogP contribution in [0.4, 0.5) is 0 Å². The summed E-state index contributed by atoms with van der Waals surface area (Å²) in [6.45, 7) is 14.4.